The number of rotatable bonds is 5. The van der Waals surface area contributed by atoms with E-state index in [0.717, 1.165) is 0 Å². The van der Waals surface area contributed by atoms with E-state index in [1.807, 2.05) is 20.8 Å². The normalized spacial score (nSPS) is 15.8. The van der Waals surface area contributed by atoms with Gasteiger partial charge < -0.3 is 11.1 Å². The van der Waals surface area contributed by atoms with Crippen LogP contribution in [0.4, 0.5) is 0 Å². The van der Waals surface area contributed by atoms with E-state index in [4.69, 9.17) is 5.73 Å². The number of carbonyl (C=O) groups is 1. The van der Waals surface area contributed by atoms with Gasteiger partial charge in [0.2, 0.25) is 5.91 Å². The number of nitrogens with one attached hydrogen (secondary N) is 1. The van der Waals surface area contributed by atoms with Gasteiger partial charge in [0.25, 0.3) is 0 Å². The lowest BCUT2D eigenvalue weighted by Crippen LogP contribution is -2.46. The summed E-state index contributed by atoms with van der Waals surface area (Å²) in [5.74, 6) is 0.341. The molecule has 0 saturated heterocycles. The van der Waals surface area contributed by atoms with Crippen molar-refractivity contribution in [1.82, 2.24) is 5.32 Å². The minimum absolute atomic E-state index is 0.155. The smallest absolute Gasteiger partial charge is 0.235 e. The Kier molecular flexibility index (Phi) is 6.05. The Balaban J connectivity index is 4.14. The molecule has 0 fully saturated rings. The fourth-order valence-corrected chi connectivity index (χ4v) is 2.10. The zero-order valence-corrected chi connectivity index (χ0v) is 10.8. The van der Waals surface area contributed by atoms with Gasteiger partial charge in [-0.2, -0.15) is 0 Å². The molecular formula is C10H22N2O2S. The summed E-state index contributed by atoms with van der Waals surface area (Å²) in [6.45, 7) is 7.91. The average Bonchev–Trinajstić information content (AvgIpc) is 2.10. The second kappa shape index (κ2) is 6.23. The lowest BCUT2D eigenvalue weighted by molar-refractivity contribution is -0.121. The topological polar surface area (TPSA) is 72.2 Å². The summed E-state index contributed by atoms with van der Waals surface area (Å²) in [4.78, 5) is 11.6. The van der Waals surface area contributed by atoms with Gasteiger partial charge in [0.05, 0.1) is 0 Å². The van der Waals surface area contributed by atoms with Crippen molar-refractivity contribution in [2.45, 2.75) is 44.9 Å². The SMILES string of the molecule is CC(C(=O)NC(C)(C)C)S(=O)CCCN. The van der Waals surface area contributed by atoms with Gasteiger partial charge in [-0.05, 0) is 40.7 Å². The molecule has 0 aromatic carbocycles. The number of hydrogen-bond donors (Lipinski definition) is 2. The largest absolute Gasteiger partial charge is 0.350 e. The molecule has 0 heterocycles. The highest BCUT2D eigenvalue weighted by Crippen LogP contribution is 2.03. The Morgan fingerprint density at radius 3 is 2.40 bits per heavy atom. The van der Waals surface area contributed by atoms with Crippen LogP contribution in [0, 0.1) is 0 Å². The Morgan fingerprint density at radius 2 is 2.00 bits per heavy atom. The molecule has 2 unspecified atom stereocenters. The van der Waals surface area contributed by atoms with E-state index in [-0.39, 0.29) is 11.4 Å². The predicted octanol–water partition coefficient (Wildman–Crippen LogP) is 0.387. The van der Waals surface area contributed by atoms with E-state index in [1.165, 1.54) is 0 Å². The molecule has 15 heavy (non-hydrogen) atoms. The first-order chi connectivity index (χ1) is 6.78. The van der Waals surface area contributed by atoms with Gasteiger partial charge in [-0.25, -0.2) is 0 Å². The van der Waals surface area contributed by atoms with Crippen LogP contribution in [0.5, 0.6) is 0 Å². The standard InChI is InChI=1S/C10H22N2O2S/c1-8(15(14)7-5-6-11)9(13)12-10(2,3)4/h8H,5-7,11H2,1-4H3,(H,12,13). The minimum Gasteiger partial charge on any atom is -0.350 e. The molecule has 0 saturated carbocycles. The van der Waals surface area contributed by atoms with Gasteiger partial charge in [-0.1, -0.05) is 0 Å². The van der Waals surface area contributed by atoms with Crippen molar-refractivity contribution in [2.24, 2.45) is 5.73 Å². The molecule has 5 heteroatoms. The van der Waals surface area contributed by atoms with Crippen LogP contribution in [-0.4, -0.2) is 33.2 Å². The van der Waals surface area contributed by atoms with Crippen molar-refractivity contribution in [2.75, 3.05) is 12.3 Å². The van der Waals surface area contributed by atoms with Gasteiger partial charge in [0.15, 0.2) is 0 Å². The van der Waals surface area contributed by atoms with Crippen LogP contribution in [0.25, 0.3) is 0 Å². The van der Waals surface area contributed by atoms with Gasteiger partial charge in [-0.15, -0.1) is 0 Å². The van der Waals surface area contributed by atoms with Crippen molar-refractivity contribution in [3.63, 3.8) is 0 Å². The minimum atomic E-state index is -1.12. The van der Waals surface area contributed by atoms with Crippen LogP contribution < -0.4 is 11.1 Å². The van der Waals surface area contributed by atoms with E-state index in [9.17, 15) is 9.00 Å². The molecule has 0 spiro atoms. The number of nitrogens with two attached hydrogens (primary N) is 1. The zero-order chi connectivity index (χ0) is 12.1. The first-order valence-corrected chi connectivity index (χ1v) is 6.55. The lowest BCUT2D eigenvalue weighted by Gasteiger charge is -2.22. The fraction of sp³-hybridized carbons (Fsp3) is 0.900. The average molecular weight is 234 g/mol. The molecule has 0 aliphatic rings. The van der Waals surface area contributed by atoms with Gasteiger partial charge in [0.1, 0.15) is 5.25 Å². The van der Waals surface area contributed by atoms with Crippen LogP contribution in [0.2, 0.25) is 0 Å². The van der Waals surface area contributed by atoms with Crippen LogP contribution in [0.15, 0.2) is 0 Å². The van der Waals surface area contributed by atoms with Crippen LogP contribution in [-0.2, 0) is 15.6 Å². The summed E-state index contributed by atoms with van der Waals surface area (Å²) >= 11 is 0. The Labute approximate surface area is 94.4 Å². The maximum atomic E-state index is 11.6. The maximum absolute atomic E-state index is 11.6. The van der Waals surface area contributed by atoms with Crippen LogP contribution >= 0.6 is 0 Å². The quantitative estimate of drug-likeness (QED) is 0.722. The summed E-state index contributed by atoms with van der Waals surface area (Å²) in [6, 6.07) is 0. The summed E-state index contributed by atoms with van der Waals surface area (Å²) in [7, 11) is -1.12. The molecule has 1 amide bonds. The molecule has 0 aliphatic carbocycles. The number of hydrogen-bond acceptors (Lipinski definition) is 3. The van der Waals surface area contributed by atoms with E-state index < -0.39 is 16.0 Å². The van der Waals surface area contributed by atoms with E-state index >= 15 is 0 Å². The third-order valence-electron chi connectivity index (χ3n) is 1.81. The van der Waals surface area contributed by atoms with Gasteiger partial charge >= 0.3 is 0 Å². The molecule has 3 N–H and O–H groups in total. The fourth-order valence-electron chi connectivity index (χ4n) is 0.993. The number of carbonyl (C=O) groups excluding carboxylic acids is 1. The Morgan fingerprint density at radius 1 is 1.47 bits per heavy atom. The van der Waals surface area contributed by atoms with Crippen molar-refractivity contribution >= 4 is 16.7 Å². The molecule has 0 aromatic rings. The van der Waals surface area contributed by atoms with Crippen molar-refractivity contribution < 1.29 is 9.00 Å². The first-order valence-electron chi connectivity index (χ1n) is 5.17. The Bertz CT molecular complexity index is 236. The predicted molar refractivity (Wildman–Crippen MR) is 64.0 cm³/mol. The maximum Gasteiger partial charge on any atom is 0.235 e. The highest BCUT2D eigenvalue weighted by molar-refractivity contribution is 7.86. The summed E-state index contributed by atoms with van der Waals surface area (Å²) in [5.41, 5.74) is 5.05. The van der Waals surface area contributed by atoms with E-state index in [2.05, 4.69) is 5.32 Å². The van der Waals surface area contributed by atoms with Crippen molar-refractivity contribution in [1.29, 1.82) is 0 Å². The highest BCUT2D eigenvalue weighted by Gasteiger charge is 2.23. The second-order valence-electron chi connectivity index (χ2n) is 4.61. The number of amides is 1. The van der Waals surface area contributed by atoms with E-state index in [1.54, 1.807) is 6.92 Å². The van der Waals surface area contributed by atoms with Gasteiger partial charge in [0, 0.05) is 22.1 Å². The third-order valence-corrected chi connectivity index (χ3v) is 3.51. The molecule has 0 aromatic heterocycles. The van der Waals surface area contributed by atoms with Gasteiger partial charge in [-0.3, -0.25) is 9.00 Å². The molecule has 0 bridgehead atoms. The monoisotopic (exact) mass is 234 g/mol. The highest BCUT2D eigenvalue weighted by atomic mass is 32.2. The molecule has 0 radical (unpaired) electrons. The third kappa shape index (κ3) is 6.62. The molecular weight excluding hydrogens is 212 g/mol. The van der Waals surface area contributed by atoms with Crippen LogP contribution in [0.3, 0.4) is 0 Å². The molecule has 0 rings (SSSR count). The van der Waals surface area contributed by atoms with Crippen molar-refractivity contribution in [3.05, 3.63) is 0 Å². The second-order valence-corrected chi connectivity index (χ2v) is 6.49. The van der Waals surface area contributed by atoms with Crippen molar-refractivity contribution in [3.8, 4) is 0 Å². The molecule has 2 atom stereocenters. The first kappa shape index (κ1) is 14.6. The summed E-state index contributed by atoms with van der Waals surface area (Å²) < 4.78 is 11.6. The summed E-state index contributed by atoms with van der Waals surface area (Å²) in [6.07, 6.45) is 0.694. The molecule has 4 nitrogen and oxygen atoms in total. The van der Waals surface area contributed by atoms with Crippen LogP contribution in [0.1, 0.15) is 34.1 Å². The Hall–Kier alpha value is -0.420. The lowest BCUT2D eigenvalue weighted by atomic mass is 10.1. The summed E-state index contributed by atoms with van der Waals surface area (Å²) in [5, 5.41) is 2.35. The van der Waals surface area contributed by atoms with E-state index in [0.29, 0.717) is 18.7 Å². The molecule has 0 aliphatic heterocycles. The zero-order valence-electron chi connectivity index (χ0n) is 10.0. The molecule has 90 valence electrons.